The molecule has 0 aromatic heterocycles. The number of esters is 1. The zero-order chi connectivity index (χ0) is 21.5. The number of carbonyl (C=O) groups excluding carboxylic acids is 1. The Morgan fingerprint density at radius 2 is 1.26 bits per heavy atom. The number of hydrogen-bond donors (Lipinski definition) is 0. The van der Waals surface area contributed by atoms with Crippen molar-refractivity contribution >= 4 is 49.7 Å². The summed E-state index contributed by atoms with van der Waals surface area (Å²) in [5.41, 5.74) is 0.422. The van der Waals surface area contributed by atoms with Crippen LogP contribution in [-0.2, 0) is 26.0 Å². The van der Waals surface area contributed by atoms with Crippen molar-refractivity contribution in [1.29, 1.82) is 0 Å². The van der Waals surface area contributed by atoms with Crippen LogP contribution in [0.2, 0.25) is 65.0 Å². The van der Waals surface area contributed by atoms with Crippen molar-refractivity contribution in [1.82, 2.24) is 0 Å². The van der Waals surface area contributed by atoms with Crippen LogP contribution < -0.4 is 0 Å². The van der Waals surface area contributed by atoms with Gasteiger partial charge in [0.1, 0.15) is 0 Å². The standard InChI is InChI=1S/C16H40O6Si5/c1-15(2)16(17)18-13-12-14-23-19-27(20-24(3,4)5,21-25(6,7)8)22-26(9,10)11/h1,12-14,23H2,2-11H3. The van der Waals surface area contributed by atoms with Crippen LogP contribution >= 0.6 is 0 Å². The second kappa shape index (κ2) is 10.8. The summed E-state index contributed by atoms with van der Waals surface area (Å²) >= 11 is 0. The van der Waals surface area contributed by atoms with E-state index in [1.807, 2.05) is 0 Å². The minimum atomic E-state index is -3.18. The van der Waals surface area contributed by atoms with Crippen molar-refractivity contribution in [3.05, 3.63) is 12.2 Å². The second-order valence-electron chi connectivity index (χ2n) is 9.62. The molecule has 0 radical (unpaired) electrons. The van der Waals surface area contributed by atoms with Crippen molar-refractivity contribution < 1.29 is 26.0 Å². The Morgan fingerprint density at radius 1 is 0.852 bits per heavy atom. The van der Waals surface area contributed by atoms with Gasteiger partial charge in [0.25, 0.3) is 0 Å². The van der Waals surface area contributed by atoms with E-state index in [1.54, 1.807) is 6.92 Å². The fourth-order valence-corrected chi connectivity index (χ4v) is 16.9. The molecule has 0 saturated carbocycles. The lowest BCUT2D eigenvalue weighted by molar-refractivity contribution is -0.138. The van der Waals surface area contributed by atoms with Gasteiger partial charge in [-0.2, -0.15) is 0 Å². The Labute approximate surface area is 172 Å². The molecule has 0 spiro atoms. The maximum Gasteiger partial charge on any atom is 0.636 e. The first-order chi connectivity index (χ1) is 11.9. The van der Waals surface area contributed by atoms with Gasteiger partial charge in [-0.25, -0.2) is 4.79 Å². The summed E-state index contributed by atoms with van der Waals surface area (Å²) < 4.78 is 30.9. The molecule has 0 atom stereocenters. The second-order valence-corrected chi connectivity index (χ2v) is 28.0. The molecule has 0 saturated heterocycles. The topological polar surface area (TPSA) is 63.2 Å². The summed E-state index contributed by atoms with van der Waals surface area (Å²) in [4.78, 5) is 11.4. The molecule has 0 unspecified atom stereocenters. The molecule has 0 fully saturated rings. The molecule has 0 bridgehead atoms. The maximum absolute atomic E-state index is 11.4. The summed E-state index contributed by atoms with van der Waals surface area (Å²) in [6.45, 7) is 24.8. The predicted molar refractivity (Wildman–Crippen MR) is 124 cm³/mol. The minimum Gasteiger partial charge on any atom is -0.462 e. The molecule has 0 aliphatic heterocycles. The smallest absolute Gasteiger partial charge is 0.462 e. The molecule has 0 heterocycles. The van der Waals surface area contributed by atoms with E-state index in [0.717, 1.165) is 12.5 Å². The van der Waals surface area contributed by atoms with Gasteiger partial charge >= 0.3 is 15.0 Å². The van der Waals surface area contributed by atoms with Gasteiger partial charge in [0.05, 0.1) is 6.61 Å². The molecule has 0 N–H and O–H groups in total. The highest BCUT2D eigenvalue weighted by Crippen LogP contribution is 2.26. The molecule has 6 nitrogen and oxygen atoms in total. The zero-order valence-electron chi connectivity index (χ0n) is 19.0. The molecular weight excluding hydrogens is 429 g/mol. The monoisotopic (exact) mass is 468 g/mol. The van der Waals surface area contributed by atoms with E-state index in [1.165, 1.54) is 0 Å². The molecule has 0 rings (SSSR count). The lowest BCUT2D eigenvalue weighted by Gasteiger charge is -2.41. The van der Waals surface area contributed by atoms with Gasteiger partial charge in [0.15, 0.2) is 34.7 Å². The molecule has 0 aromatic rings. The summed E-state index contributed by atoms with van der Waals surface area (Å²) in [7, 11) is -9.86. The van der Waals surface area contributed by atoms with Gasteiger partial charge in [-0.15, -0.1) is 0 Å². The quantitative estimate of drug-likeness (QED) is 0.176. The van der Waals surface area contributed by atoms with Crippen molar-refractivity contribution in [2.24, 2.45) is 0 Å². The minimum absolute atomic E-state index is 0.340. The van der Waals surface area contributed by atoms with Gasteiger partial charge in [0.2, 0.25) is 0 Å². The molecule has 0 aromatic carbocycles. The highest BCUT2D eigenvalue weighted by Gasteiger charge is 2.53. The van der Waals surface area contributed by atoms with Crippen LogP contribution in [0.25, 0.3) is 0 Å². The van der Waals surface area contributed by atoms with E-state index >= 15 is 0 Å². The highest BCUT2D eigenvalue weighted by atomic mass is 28.5. The van der Waals surface area contributed by atoms with Gasteiger partial charge in [-0.05, 0) is 78.3 Å². The van der Waals surface area contributed by atoms with Crippen molar-refractivity contribution in [2.75, 3.05) is 6.61 Å². The number of hydrogen-bond acceptors (Lipinski definition) is 6. The van der Waals surface area contributed by atoms with Gasteiger partial charge in [-0.3, -0.25) is 0 Å². The van der Waals surface area contributed by atoms with Crippen LogP contribution in [0, 0.1) is 0 Å². The summed E-state index contributed by atoms with van der Waals surface area (Å²) in [5.74, 6) is -0.340. The zero-order valence-corrected chi connectivity index (χ0v) is 24.4. The van der Waals surface area contributed by atoms with E-state index in [4.69, 9.17) is 21.2 Å². The Balaban J connectivity index is 5.00. The third kappa shape index (κ3) is 14.7. The maximum atomic E-state index is 11.4. The van der Waals surface area contributed by atoms with E-state index < -0.39 is 43.8 Å². The SMILES string of the molecule is C=C(C)C(=O)OCCC[SiH2]O[Si](O[Si](C)(C)C)(O[Si](C)(C)C)O[Si](C)(C)C. The number of carbonyl (C=O) groups is 1. The van der Waals surface area contributed by atoms with Crippen LogP contribution in [0.1, 0.15) is 13.3 Å². The Hall–Kier alpha value is 0.134. The molecule has 0 aliphatic carbocycles. The molecule has 0 aliphatic rings. The van der Waals surface area contributed by atoms with Crippen molar-refractivity contribution in [3.63, 3.8) is 0 Å². The Morgan fingerprint density at radius 3 is 1.59 bits per heavy atom. The lowest BCUT2D eigenvalue weighted by Crippen LogP contribution is -2.62. The van der Waals surface area contributed by atoms with E-state index in [0.29, 0.717) is 12.2 Å². The van der Waals surface area contributed by atoms with Crippen LogP contribution in [0.5, 0.6) is 0 Å². The number of rotatable bonds is 13. The predicted octanol–water partition coefficient (Wildman–Crippen LogP) is 4.00. The Kier molecular flexibility index (Phi) is 10.8. The van der Waals surface area contributed by atoms with Gasteiger partial charge < -0.3 is 21.2 Å². The van der Waals surface area contributed by atoms with Crippen molar-refractivity contribution in [2.45, 2.75) is 78.3 Å². The van der Waals surface area contributed by atoms with Crippen LogP contribution in [0.3, 0.4) is 0 Å². The average molecular weight is 469 g/mol. The molecular formula is C16H40O6Si5. The fraction of sp³-hybridized carbons (Fsp3) is 0.812. The van der Waals surface area contributed by atoms with Gasteiger partial charge in [0, 0.05) is 5.57 Å². The Bertz CT molecular complexity index is 452. The molecule has 160 valence electrons. The third-order valence-corrected chi connectivity index (χ3v) is 16.1. The summed E-state index contributed by atoms with van der Waals surface area (Å²) in [6, 6.07) is 0.872. The van der Waals surface area contributed by atoms with Crippen LogP contribution in [0.15, 0.2) is 12.2 Å². The average Bonchev–Trinajstić information content (AvgIpc) is 2.35. The number of ether oxygens (including phenoxy) is 1. The van der Waals surface area contributed by atoms with E-state index in [-0.39, 0.29) is 5.97 Å². The summed E-state index contributed by atoms with van der Waals surface area (Å²) in [5, 5.41) is 0. The molecule has 0 amide bonds. The first kappa shape index (κ1) is 27.1. The highest BCUT2D eigenvalue weighted by molar-refractivity contribution is 6.88. The lowest BCUT2D eigenvalue weighted by atomic mass is 10.4. The van der Waals surface area contributed by atoms with Gasteiger partial charge in [-0.1, -0.05) is 6.58 Å². The van der Waals surface area contributed by atoms with Crippen molar-refractivity contribution in [3.8, 4) is 0 Å². The van der Waals surface area contributed by atoms with E-state index in [2.05, 4.69) is 65.5 Å². The van der Waals surface area contributed by atoms with E-state index in [9.17, 15) is 4.79 Å². The summed E-state index contributed by atoms with van der Waals surface area (Å²) in [6.07, 6.45) is 0.766. The third-order valence-electron chi connectivity index (χ3n) is 2.69. The fourth-order valence-electron chi connectivity index (χ4n) is 1.97. The normalized spacial score (nSPS) is 14.0. The molecule has 11 heteroatoms. The first-order valence-corrected chi connectivity index (χ1v) is 23.0. The van der Waals surface area contributed by atoms with Crippen LogP contribution in [0.4, 0.5) is 0 Å². The molecule has 27 heavy (non-hydrogen) atoms. The first-order valence-electron chi connectivity index (χ1n) is 9.52. The van der Waals surface area contributed by atoms with Crippen LogP contribution in [-0.4, -0.2) is 56.3 Å². The largest absolute Gasteiger partial charge is 0.636 e.